The molecule has 0 aliphatic carbocycles. The van der Waals surface area contributed by atoms with Gasteiger partial charge in [0.25, 0.3) is 0 Å². The van der Waals surface area contributed by atoms with Crippen molar-refractivity contribution in [2.24, 2.45) is 5.10 Å². The van der Waals surface area contributed by atoms with Crippen LogP contribution < -0.4 is 5.43 Å². The van der Waals surface area contributed by atoms with E-state index in [0.717, 1.165) is 24.3 Å². The number of hydrogen-bond acceptors (Lipinski definition) is 6. The van der Waals surface area contributed by atoms with Crippen molar-refractivity contribution in [3.63, 3.8) is 0 Å². The van der Waals surface area contributed by atoms with Crippen LogP contribution in [0.4, 0.5) is 5.69 Å². The minimum absolute atomic E-state index is 0.239. The second-order valence-electron chi connectivity index (χ2n) is 6.22. The minimum Gasteiger partial charge on any atom is -0.461 e. The Bertz CT molecular complexity index is 813. The average molecular weight is 379 g/mol. The Kier molecular flexibility index (Phi) is 7.21. The quantitative estimate of drug-likeness (QED) is 0.454. The number of anilines is 1. The van der Waals surface area contributed by atoms with Gasteiger partial charge in [0.1, 0.15) is 0 Å². The highest BCUT2D eigenvalue weighted by molar-refractivity contribution is 6.54. The molecule has 0 radical (unpaired) electrons. The van der Waals surface area contributed by atoms with Crippen molar-refractivity contribution in [2.45, 2.75) is 6.92 Å². The van der Waals surface area contributed by atoms with Crippen LogP contribution in [0.2, 0.25) is 0 Å². The number of morpholine rings is 1. The fourth-order valence-corrected chi connectivity index (χ4v) is 2.83. The van der Waals surface area contributed by atoms with Gasteiger partial charge in [-0.2, -0.15) is 5.10 Å². The van der Waals surface area contributed by atoms with Crippen molar-refractivity contribution in [3.8, 4) is 0 Å². The smallest absolute Gasteiger partial charge is 0.359 e. The Labute approximate surface area is 165 Å². The van der Waals surface area contributed by atoms with Crippen LogP contribution in [0.1, 0.15) is 12.5 Å². The Morgan fingerprint density at radius 3 is 2.39 bits per heavy atom. The standard InChI is InChI=1S/C22H25N3O3/c1-2-28-22(26)21(24-23-19-11-7-4-8-12-19)20(18-9-5-3-6-10-18)17-25-13-15-27-16-14-25/h3-12,17,23H,2,13-16H2,1H3. The van der Waals surface area contributed by atoms with Gasteiger partial charge in [0, 0.05) is 24.9 Å². The van der Waals surface area contributed by atoms with E-state index in [2.05, 4.69) is 15.4 Å². The van der Waals surface area contributed by atoms with Crippen molar-refractivity contribution in [1.29, 1.82) is 0 Å². The van der Waals surface area contributed by atoms with Gasteiger partial charge in [0.15, 0.2) is 5.71 Å². The molecule has 2 aromatic carbocycles. The molecule has 146 valence electrons. The molecule has 1 aliphatic heterocycles. The third-order valence-electron chi connectivity index (χ3n) is 4.24. The molecule has 0 aromatic heterocycles. The van der Waals surface area contributed by atoms with Crippen LogP contribution >= 0.6 is 0 Å². The Morgan fingerprint density at radius 2 is 1.75 bits per heavy atom. The van der Waals surface area contributed by atoms with E-state index in [9.17, 15) is 4.79 Å². The largest absolute Gasteiger partial charge is 0.461 e. The first-order valence-electron chi connectivity index (χ1n) is 9.43. The van der Waals surface area contributed by atoms with Crippen LogP contribution in [0.5, 0.6) is 0 Å². The van der Waals surface area contributed by atoms with Crippen molar-refractivity contribution < 1.29 is 14.3 Å². The number of nitrogens with zero attached hydrogens (tertiary/aromatic N) is 2. The monoisotopic (exact) mass is 379 g/mol. The third kappa shape index (κ3) is 5.44. The second-order valence-corrected chi connectivity index (χ2v) is 6.22. The Balaban J connectivity index is 1.99. The number of esters is 1. The summed E-state index contributed by atoms with van der Waals surface area (Å²) in [6, 6.07) is 19.3. The lowest BCUT2D eigenvalue weighted by Gasteiger charge is -2.26. The first kappa shape index (κ1) is 19.6. The predicted octanol–water partition coefficient (Wildman–Crippen LogP) is 3.39. The number of nitrogens with one attached hydrogen (secondary N) is 1. The van der Waals surface area contributed by atoms with Gasteiger partial charge in [0.2, 0.25) is 0 Å². The van der Waals surface area contributed by atoms with Gasteiger partial charge >= 0.3 is 5.97 Å². The summed E-state index contributed by atoms with van der Waals surface area (Å²) >= 11 is 0. The fraction of sp³-hybridized carbons (Fsp3) is 0.273. The summed E-state index contributed by atoms with van der Waals surface area (Å²) in [5.74, 6) is -0.464. The molecule has 1 fully saturated rings. The third-order valence-corrected chi connectivity index (χ3v) is 4.24. The molecule has 0 amide bonds. The highest BCUT2D eigenvalue weighted by atomic mass is 16.5. The minimum atomic E-state index is -0.464. The van der Waals surface area contributed by atoms with Crippen LogP contribution in [0.25, 0.3) is 5.57 Å². The summed E-state index contributed by atoms with van der Waals surface area (Å²) in [5.41, 5.74) is 5.62. The molecule has 1 saturated heterocycles. The second kappa shape index (κ2) is 10.3. The number of carbonyl (C=O) groups excluding carboxylic acids is 1. The summed E-state index contributed by atoms with van der Waals surface area (Å²) < 4.78 is 10.7. The predicted molar refractivity (Wildman–Crippen MR) is 111 cm³/mol. The number of benzene rings is 2. The van der Waals surface area contributed by atoms with Gasteiger partial charge in [-0.3, -0.25) is 5.43 Å². The number of para-hydroxylation sites is 1. The zero-order valence-corrected chi connectivity index (χ0v) is 16.0. The molecule has 0 unspecified atom stereocenters. The van der Waals surface area contributed by atoms with Crippen LogP contribution in [0, 0.1) is 0 Å². The fourth-order valence-electron chi connectivity index (χ4n) is 2.83. The normalized spacial score (nSPS) is 15.2. The molecule has 1 N–H and O–H groups in total. The van der Waals surface area contributed by atoms with E-state index in [1.165, 1.54) is 0 Å². The Hall–Kier alpha value is -3.12. The van der Waals surface area contributed by atoms with Crippen LogP contribution in [-0.2, 0) is 14.3 Å². The summed E-state index contributed by atoms with van der Waals surface area (Å²) in [7, 11) is 0. The van der Waals surface area contributed by atoms with E-state index in [1.807, 2.05) is 66.9 Å². The van der Waals surface area contributed by atoms with E-state index in [1.54, 1.807) is 6.92 Å². The van der Waals surface area contributed by atoms with Gasteiger partial charge < -0.3 is 14.4 Å². The van der Waals surface area contributed by atoms with Crippen molar-refractivity contribution in [3.05, 3.63) is 72.4 Å². The molecule has 1 aliphatic rings. The first-order valence-corrected chi connectivity index (χ1v) is 9.43. The van der Waals surface area contributed by atoms with Crippen molar-refractivity contribution in [1.82, 2.24) is 4.90 Å². The highest BCUT2D eigenvalue weighted by Gasteiger charge is 2.22. The summed E-state index contributed by atoms with van der Waals surface area (Å²) in [6.07, 6.45) is 1.97. The first-order chi connectivity index (χ1) is 13.8. The molecule has 6 nitrogen and oxygen atoms in total. The van der Waals surface area contributed by atoms with E-state index in [0.29, 0.717) is 18.8 Å². The van der Waals surface area contributed by atoms with Gasteiger partial charge in [0.05, 0.1) is 25.5 Å². The molecule has 0 saturated carbocycles. The molecular formula is C22H25N3O3. The molecule has 6 heteroatoms. The summed E-state index contributed by atoms with van der Waals surface area (Å²) in [5, 5.41) is 4.42. The molecule has 0 spiro atoms. The van der Waals surface area contributed by atoms with E-state index in [4.69, 9.17) is 9.47 Å². The maximum absolute atomic E-state index is 12.7. The van der Waals surface area contributed by atoms with Crippen LogP contribution in [-0.4, -0.2) is 49.5 Å². The lowest BCUT2D eigenvalue weighted by atomic mass is 10.0. The molecular weight excluding hydrogens is 354 g/mol. The summed E-state index contributed by atoms with van der Waals surface area (Å²) in [6.45, 7) is 4.91. The summed E-state index contributed by atoms with van der Waals surface area (Å²) in [4.78, 5) is 14.9. The molecule has 28 heavy (non-hydrogen) atoms. The van der Waals surface area contributed by atoms with Gasteiger partial charge in [-0.05, 0) is 24.6 Å². The van der Waals surface area contributed by atoms with Crippen molar-refractivity contribution in [2.75, 3.05) is 38.3 Å². The van der Waals surface area contributed by atoms with E-state index < -0.39 is 5.97 Å². The SMILES string of the molecule is CCOC(=O)C(=NNc1ccccc1)C(=CN1CCOCC1)c1ccccc1. The molecule has 3 rings (SSSR count). The van der Waals surface area contributed by atoms with Gasteiger partial charge in [-0.1, -0.05) is 48.5 Å². The number of hydrazone groups is 1. The molecule has 2 aromatic rings. The highest BCUT2D eigenvalue weighted by Crippen LogP contribution is 2.20. The van der Waals surface area contributed by atoms with Gasteiger partial charge in [-0.15, -0.1) is 0 Å². The maximum atomic E-state index is 12.7. The topological polar surface area (TPSA) is 63.2 Å². The molecule has 1 heterocycles. The lowest BCUT2D eigenvalue weighted by molar-refractivity contribution is -0.134. The number of carbonyl (C=O) groups is 1. The molecule has 0 atom stereocenters. The number of hydrogen-bond donors (Lipinski definition) is 1. The van der Waals surface area contributed by atoms with Crippen LogP contribution in [0.3, 0.4) is 0 Å². The average Bonchev–Trinajstić information content (AvgIpc) is 2.75. The van der Waals surface area contributed by atoms with Gasteiger partial charge in [-0.25, -0.2) is 4.79 Å². The maximum Gasteiger partial charge on any atom is 0.359 e. The number of rotatable bonds is 7. The Morgan fingerprint density at radius 1 is 1.11 bits per heavy atom. The zero-order chi connectivity index (χ0) is 19.6. The van der Waals surface area contributed by atoms with Crippen molar-refractivity contribution >= 4 is 22.9 Å². The molecule has 0 bridgehead atoms. The van der Waals surface area contributed by atoms with E-state index in [-0.39, 0.29) is 12.3 Å². The lowest BCUT2D eigenvalue weighted by Crippen LogP contribution is -2.33. The van der Waals surface area contributed by atoms with E-state index >= 15 is 0 Å². The zero-order valence-electron chi connectivity index (χ0n) is 16.0. The van der Waals surface area contributed by atoms with Crippen LogP contribution in [0.15, 0.2) is 72.0 Å². The number of ether oxygens (including phenoxy) is 2.